The summed E-state index contributed by atoms with van der Waals surface area (Å²) in [6.45, 7) is 4.41. The lowest BCUT2D eigenvalue weighted by Crippen LogP contribution is -2.37. The van der Waals surface area contributed by atoms with Gasteiger partial charge < -0.3 is 9.47 Å². The van der Waals surface area contributed by atoms with Gasteiger partial charge in [0.2, 0.25) is 6.29 Å². The van der Waals surface area contributed by atoms with Crippen LogP contribution in [-0.4, -0.2) is 17.5 Å². The molecule has 0 saturated carbocycles. The van der Waals surface area contributed by atoms with Crippen molar-refractivity contribution in [3.63, 3.8) is 0 Å². The van der Waals surface area contributed by atoms with Gasteiger partial charge >= 0.3 is 0 Å². The molecule has 132 valence electrons. The molecular weight excluding hydrogens is 317 g/mol. The van der Waals surface area contributed by atoms with Crippen LogP contribution in [0.2, 0.25) is 0 Å². The molecule has 0 aromatic heterocycles. The minimum Gasteiger partial charge on any atom is -0.460 e. The van der Waals surface area contributed by atoms with Gasteiger partial charge in [0.25, 0.3) is 0 Å². The summed E-state index contributed by atoms with van der Waals surface area (Å²) in [4.78, 5) is 2.43. The molecule has 2 aromatic rings. The maximum Gasteiger partial charge on any atom is 0.227 e. The second-order valence-corrected chi connectivity index (χ2v) is 7.04. The Balaban J connectivity index is 1.61. The van der Waals surface area contributed by atoms with Crippen molar-refractivity contribution in [3.8, 4) is 5.75 Å². The fraction of sp³-hybridized carbons (Fsp3) is 0.429. The molecule has 2 heterocycles. The highest BCUT2D eigenvalue weighted by Gasteiger charge is 2.27. The maximum atomic E-state index is 14.1. The first-order valence-electron chi connectivity index (χ1n) is 9.09. The van der Waals surface area contributed by atoms with E-state index in [0.29, 0.717) is 12.6 Å². The third-order valence-corrected chi connectivity index (χ3v) is 5.21. The van der Waals surface area contributed by atoms with Crippen molar-refractivity contribution in [1.82, 2.24) is 4.90 Å². The number of benzene rings is 2. The monoisotopic (exact) mass is 341 g/mol. The maximum absolute atomic E-state index is 14.1. The minimum atomic E-state index is -0.434. The van der Waals surface area contributed by atoms with Gasteiger partial charge in [-0.25, -0.2) is 4.39 Å². The molecule has 25 heavy (non-hydrogen) atoms. The number of hydrogen-bond donors (Lipinski definition) is 0. The van der Waals surface area contributed by atoms with E-state index >= 15 is 0 Å². The van der Waals surface area contributed by atoms with Gasteiger partial charge in [-0.1, -0.05) is 36.8 Å². The summed E-state index contributed by atoms with van der Waals surface area (Å²) in [6.07, 6.45) is 3.25. The lowest BCUT2D eigenvalue weighted by Gasteiger charge is -2.35. The smallest absolute Gasteiger partial charge is 0.227 e. The zero-order chi connectivity index (χ0) is 17.2. The highest BCUT2D eigenvalue weighted by molar-refractivity contribution is 5.43. The van der Waals surface area contributed by atoms with Crippen LogP contribution in [0.4, 0.5) is 4.39 Å². The molecule has 0 N–H and O–H groups in total. The number of ether oxygens (including phenoxy) is 2. The summed E-state index contributed by atoms with van der Waals surface area (Å²) in [5.41, 5.74) is 2.70. The molecule has 0 amide bonds. The standard InChI is InChI=1S/C21H24FNO2/c1-15-7-5-6-10-23(15)13-17-11-19(22)12-18-14-24-21(25-20(17)18)16-8-3-2-4-9-16/h2-4,8-9,11-12,15,21H,5-7,10,13-14H2,1H3/t15-,21-/m0/s1. The Kier molecular flexibility index (Phi) is 4.73. The van der Waals surface area contributed by atoms with Crippen LogP contribution < -0.4 is 4.74 Å². The Bertz CT molecular complexity index is 734. The van der Waals surface area contributed by atoms with E-state index in [0.717, 1.165) is 35.5 Å². The predicted octanol–water partition coefficient (Wildman–Crippen LogP) is 4.81. The number of rotatable bonds is 3. The van der Waals surface area contributed by atoms with Gasteiger partial charge in [0, 0.05) is 29.3 Å². The van der Waals surface area contributed by atoms with Gasteiger partial charge in [0.05, 0.1) is 6.61 Å². The van der Waals surface area contributed by atoms with Crippen LogP contribution in [0.15, 0.2) is 42.5 Å². The van der Waals surface area contributed by atoms with Crippen LogP contribution in [0.1, 0.15) is 49.2 Å². The third-order valence-electron chi connectivity index (χ3n) is 5.21. The SMILES string of the molecule is C[C@H]1CCCCN1Cc1cc(F)cc2c1O[C@@H](c1ccccc1)OC2. The molecule has 0 unspecified atom stereocenters. The first kappa shape index (κ1) is 16.6. The number of likely N-dealkylation sites (tertiary alicyclic amines) is 1. The van der Waals surface area contributed by atoms with Crippen molar-refractivity contribution >= 4 is 0 Å². The average molecular weight is 341 g/mol. The minimum absolute atomic E-state index is 0.219. The van der Waals surface area contributed by atoms with Gasteiger partial charge in [-0.15, -0.1) is 0 Å². The first-order valence-corrected chi connectivity index (χ1v) is 9.09. The van der Waals surface area contributed by atoms with Crippen molar-refractivity contribution in [1.29, 1.82) is 0 Å². The van der Waals surface area contributed by atoms with E-state index in [9.17, 15) is 4.39 Å². The summed E-state index contributed by atoms with van der Waals surface area (Å²) >= 11 is 0. The van der Waals surface area contributed by atoms with Gasteiger partial charge in [-0.05, 0) is 38.4 Å². The van der Waals surface area contributed by atoms with Gasteiger partial charge in [0.1, 0.15) is 11.6 Å². The molecule has 0 spiro atoms. The molecule has 2 aliphatic rings. The fourth-order valence-corrected chi connectivity index (χ4v) is 3.78. The lowest BCUT2D eigenvalue weighted by atomic mass is 10.0. The molecule has 0 aliphatic carbocycles. The van der Waals surface area contributed by atoms with E-state index in [1.165, 1.54) is 25.3 Å². The number of hydrogen-bond acceptors (Lipinski definition) is 3. The Morgan fingerprint density at radius 3 is 2.80 bits per heavy atom. The Labute approximate surface area is 148 Å². The molecule has 2 aliphatic heterocycles. The molecule has 0 bridgehead atoms. The largest absolute Gasteiger partial charge is 0.460 e. The predicted molar refractivity (Wildman–Crippen MR) is 94.7 cm³/mol. The lowest BCUT2D eigenvalue weighted by molar-refractivity contribution is -0.112. The van der Waals surface area contributed by atoms with Gasteiger partial charge in [0.15, 0.2) is 0 Å². The van der Waals surface area contributed by atoms with E-state index in [2.05, 4.69) is 11.8 Å². The Morgan fingerprint density at radius 2 is 2.00 bits per heavy atom. The van der Waals surface area contributed by atoms with Crippen molar-refractivity contribution in [2.75, 3.05) is 6.54 Å². The summed E-state index contributed by atoms with van der Waals surface area (Å²) in [7, 11) is 0. The first-order chi connectivity index (χ1) is 12.2. The second kappa shape index (κ2) is 7.14. The molecule has 2 atom stereocenters. The van der Waals surface area contributed by atoms with Crippen LogP contribution in [0.5, 0.6) is 5.75 Å². The topological polar surface area (TPSA) is 21.7 Å². The molecule has 4 heteroatoms. The second-order valence-electron chi connectivity index (χ2n) is 7.04. The molecule has 1 fully saturated rings. The van der Waals surface area contributed by atoms with Crippen molar-refractivity contribution in [3.05, 3.63) is 65.0 Å². The highest BCUT2D eigenvalue weighted by Crippen LogP contribution is 2.37. The van der Waals surface area contributed by atoms with Crippen LogP contribution in [0.3, 0.4) is 0 Å². The molecule has 4 rings (SSSR count). The summed E-state index contributed by atoms with van der Waals surface area (Å²) in [5, 5.41) is 0. The molecule has 1 saturated heterocycles. The van der Waals surface area contributed by atoms with Crippen molar-refractivity contribution < 1.29 is 13.9 Å². The third kappa shape index (κ3) is 3.55. The Hall–Kier alpha value is -1.91. The normalized spacial score (nSPS) is 23.8. The van der Waals surface area contributed by atoms with E-state index in [1.807, 2.05) is 30.3 Å². The average Bonchev–Trinajstić information content (AvgIpc) is 2.64. The van der Waals surface area contributed by atoms with E-state index in [-0.39, 0.29) is 5.82 Å². The molecular formula is C21H24FNO2. The summed E-state index contributed by atoms with van der Waals surface area (Å²) in [5.74, 6) is 0.572. The van der Waals surface area contributed by atoms with Gasteiger partial charge in [-0.2, -0.15) is 0 Å². The van der Waals surface area contributed by atoms with Crippen LogP contribution >= 0.6 is 0 Å². The Morgan fingerprint density at radius 1 is 1.16 bits per heavy atom. The number of halogens is 1. The number of fused-ring (bicyclic) bond motifs is 1. The summed E-state index contributed by atoms with van der Waals surface area (Å²) in [6, 6.07) is 13.6. The van der Waals surface area contributed by atoms with Gasteiger partial charge in [-0.3, -0.25) is 4.90 Å². The van der Waals surface area contributed by atoms with E-state index in [1.54, 1.807) is 6.07 Å². The van der Waals surface area contributed by atoms with Crippen LogP contribution in [0.25, 0.3) is 0 Å². The number of nitrogens with zero attached hydrogens (tertiary/aromatic N) is 1. The zero-order valence-electron chi connectivity index (χ0n) is 14.6. The van der Waals surface area contributed by atoms with Crippen LogP contribution in [0, 0.1) is 5.82 Å². The highest BCUT2D eigenvalue weighted by atomic mass is 19.1. The van der Waals surface area contributed by atoms with E-state index in [4.69, 9.17) is 9.47 Å². The summed E-state index contributed by atoms with van der Waals surface area (Å²) < 4.78 is 26.1. The van der Waals surface area contributed by atoms with Crippen molar-refractivity contribution in [2.24, 2.45) is 0 Å². The van der Waals surface area contributed by atoms with E-state index < -0.39 is 6.29 Å². The fourth-order valence-electron chi connectivity index (χ4n) is 3.78. The zero-order valence-corrected chi connectivity index (χ0v) is 14.6. The molecule has 3 nitrogen and oxygen atoms in total. The molecule has 0 radical (unpaired) electrons. The van der Waals surface area contributed by atoms with Crippen molar-refractivity contribution in [2.45, 2.75) is 51.7 Å². The number of piperidine rings is 1. The quantitative estimate of drug-likeness (QED) is 0.800. The van der Waals surface area contributed by atoms with Crippen LogP contribution in [-0.2, 0) is 17.9 Å². The molecule has 2 aromatic carbocycles.